The van der Waals surface area contributed by atoms with Gasteiger partial charge in [0.25, 0.3) is 0 Å². The number of hydrogen-bond acceptors (Lipinski definition) is 15. The van der Waals surface area contributed by atoms with Crippen LogP contribution in [0.2, 0.25) is 0 Å². The molecule has 0 spiro atoms. The van der Waals surface area contributed by atoms with Gasteiger partial charge in [-0.15, -0.1) is 0 Å². The van der Waals surface area contributed by atoms with Gasteiger partial charge in [-0.05, 0) is 37.5 Å². The van der Waals surface area contributed by atoms with Crippen molar-refractivity contribution in [1.82, 2.24) is 0 Å². The number of aliphatic hydroxyl groups excluding tert-OH is 1. The van der Waals surface area contributed by atoms with Crippen LogP contribution in [0.15, 0.2) is 0 Å². The Morgan fingerprint density at radius 2 is 0.486 bits per heavy atom. The smallest absolute Gasteiger partial charge is 0.462 e. The Kier molecular flexibility index (Phi) is 76.0. The van der Waals surface area contributed by atoms with Crippen molar-refractivity contribution in [2.75, 3.05) is 39.6 Å². The van der Waals surface area contributed by atoms with Crippen LogP contribution in [-0.2, 0) is 65.4 Å². The van der Waals surface area contributed by atoms with E-state index in [4.69, 9.17) is 37.0 Å². The zero-order chi connectivity index (χ0) is 77.1. The second-order valence-electron chi connectivity index (χ2n) is 31.6. The zero-order valence-electron chi connectivity index (χ0n) is 69.0. The van der Waals surface area contributed by atoms with Gasteiger partial charge in [0.2, 0.25) is 0 Å². The van der Waals surface area contributed by atoms with Crippen molar-refractivity contribution in [1.29, 1.82) is 0 Å². The fraction of sp³-hybridized carbons (Fsp3) is 0.953. The van der Waals surface area contributed by atoms with E-state index < -0.39 is 97.5 Å². The van der Waals surface area contributed by atoms with Crippen molar-refractivity contribution in [3.8, 4) is 0 Å². The van der Waals surface area contributed by atoms with Gasteiger partial charge < -0.3 is 33.8 Å². The third kappa shape index (κ3) is 78.5. The van der Waals surface area contributed by atoms with Gasteiger partial charge in [-0.1, -0.05) is 408 Å². The van der Waals surface area contributed by atoms with Crippen molar-refractivity contribution < 1.29 is 80.2 Å². The van der Waals surface area contributed by atoms with E-state index in [1.165, 1.54) is 276 Å². The number of ether oxygens (including phenoxy) is 4. The van der Waals surface area contributed by atoms with E-state index in [0.29, 0.717) is 25.7 Å². The second kappa shape index (κ2) is 77.4. The third-order valence-corrected chi connectivity index (χ3v) is 22.5. The summed E-state index contributed by atoms with van der Waals surface area (Å²) >= 11 is 0. The molecule has 17 nitrogen and oxygen atoms in total. The van der Waals surface area contributed by atoms with E-state index in [2.05, 4.69) is 41.5 Å². The predicted molar refractivity (Wildman–Crippen MR) is 432 cm³/mol. The van der Waals surface area contributed by atoms with Crippen molar-refractivity contribution in [2.24, 2.45) is 11.8 Å². The first-order valence-corrected chi connectivity index (χ1v) is 47.5. The van der Waals surface area contributed by atoms with Crippen LogP contribution in [0.1, 0.15) is 459 Å². The van der Waals surface area contributed by atoms with Gasteiger partial charge in [-0.3, -0.25) is 37.3 Å². The SMILES string of the molecule is CCCCCCCCCCCCCCCCCCCCCCC(=O)O[C@H](COC(=O)CCCCCCCCCCCCCCCCC(C)CC)COP(=O)(O)OC[C@@H](O)COP(=O)(O)OC[C@@H](COC(=O)CCCCCCCCCCCC(C)C)OC(=O)CCCCCCCCCCCCCCCCC. The Labute approximate surface area is 645 Å². The molecule has 0 aliphatic carbocycles. The number of esters is 4. The van der Waals surface area contributed by atoms with Gasteiger partial charge in [0, 0.05) is 25.7 Å². The van der Waals surface area contributed by atoms with E-state index in [0.717, 1.165) is 102 Å². The molecule has 0 aliphatic heterocycles. The molecule has 0 fully saturated rings. The molecule has 3 N–H and O–H groups in total. The first-order chi connectivity index (χ1) is 50.9. The molecule has 0 amide bonds. The van der Waals surface area contributed by atoms with Crippen LogP contribution in [0.5, 0.6) is 0 Å². The average molecular weight is 1540 g/mol. The Bertz CT molecular complexity index is 2010. The molecule has 0 bridgehead atoms. The zero-order valence-corrected chi connectivity index (χ0v) is 70.8. The van der Waals surface area contributed by atoms with Crippen LogP contribution < -0.4 is 0 Å². The highest BCUT2D eigenvalue weighted by Gasteiger charge is 2.30. The minimum Gasteiger partial charge on any atom is -0.462 e. The summed E-state index contributed by atoms with van der Waals surface area (Å²) in [5.74, 6) is -0.507. The Balaban J connectivity index is 5.26. The molecule has 0 aliphatic rings. The quantitative estimate of drug-likeness (QED) is 0.0222. The summed E-state index contributed by atoms with van der Waals surface area (Å²) in [6.45, 7) is 9.71. The lowest BCUT2D eigenvalue weighted by Gasteiger charge is -2.21. The predicted octanol–water partition coefficient (Wildman–Crippen LogP) is 26.2. The van der Waals surface area contributed by atoms with Gasteiger partial charge in [-0.25, -0.2) is 9.13 Å². The van der Waals surface area contributed by atoms with Crippen molar-refractivity contribution in [3.63, 3.8) is 0 Å². The van der Waals surface area contributed by atoms with Crippen molar-refractivity contribution in [2.45, 2.75) is 477 Å². The normalized spacial score (nSPS) is 14.1. The first kappa shape index (κ1) is 103. The number of phosphoric ester groups is 2. The number of unbranched alkanes of at least 4 members (excludes halogenated alkanes) is 54. The van der Waals surface area contributed by atoms with Gasteiger partial charge in [-0.2, -0.15) is 0 Å². The number of carbonyl (C=O) groups excluding carboxylic acids is 4. The first-order valence-electron chi connectivity index (χ1n) is 44.5. The maximum absolute atomic E-state index is 13.2. The number of carbonyl (C=O) groups is 4. The van der Waals surface area contributed by atoms with E-state index in [-0.39, 0.29) is 25.7 Å². The van der Waals surface area contributed by atoms with Crippen molar-refractivity contribution >= 4 is 39.5 Å². The summed E-state index contributed by atoms with van der Waals surface area (Å²) in [4.78, 5) is 73.3. The molecule has 0 saturated carbocycles. The number of rotatable bonds is 85. The minimum atomic E-state index is -4.97. The van der Waals surface area contributed by atoms with Gasteiger partial charge in [0.1, 0.15) is 19.3 Å². The number of hydrogen-bond donors (Lipinski definition) is 3. The standard InChI is InChI=1S/C86H168O17P2/c1-7-10-12-14-16-18-20-22-24-25-26-27-28-30-36-40-46-53-59-65-71-86(91)102-81(74-96-83(88)68-62-56-50-44-38-34-32-31-33-37-43-49-55-61-67-79(6)9-3)76-100-104(92,93)98-72-80(87)73-99-105(94,95)101-77-82(75-97-84(89)69-63-57-51-47-41-42-48-54-60-66-78(4)5)103-85(90)70-64-58-52-45-39-35-29-23-21-19-17-15-13-11-8-2/h78-82,87H,7-77H2,1-6H3,(H,92,93)(H,94,95)/t79?,80-,81-,82-/m1/s1. The fourth-order valence-corrected chi connectivity index (χ4v) is 15.0. The van der Waals surface area contributed by atoms with E-state index in [1.807, 2.05) is 0 Å². The van der Waals surface area contributed by atoms with Gasteiger partial charge in [0.05, 0.1) is 26.4 Å². The maximum Gasteiger partial charge on any atom is 0.472 e. The lowest BCUT2D eigenvalue weighted by molar-refractivity contribution is -0.161. The molecular weight excluding hydrogens is 1370 g/mol. The van der Waals surface area contributed by atoms with Crippen LogP contribution in [0.4, 0.5) is 0 Å². The topological polar surface area (TPSA) is 237 Å². The number of phosphoric acid groups is 2. The second-order valence-corrected chi connectivity index (χ2v) is 34.6. The lowest BCUT2D eigenvalue weighted by atomic mass is 9.99. The van der Waals surface area contributed by atoms with Gasteiger partial charge in [0.15, 0.2) is 12.2 Å². The van der Waals surface area contributed by atoms with Crippen LogP contribution in [0.3, 0.4) is 0 Å². The Morgan fingerprint density at radius 3 is 0.724 bits per heavy atom. The third-order valence-electron chi connectivity index (χ3n) is 20.6. The summed E-state index contributed by atoms with van der Waals surface area (Å²) in [6.07, 6.45) is 69.3. The molecule has 0 radical (unpaired) electrons. The van der Waals surface area contributed by atoms with Crippen LogP contribution >= 0.6 is 15.6 Å². The van der Waals surface area contributed by atoms with Crippen LogP contribution in [-0.4, -0.2) is 96.7 Å². The van der Waals surface area contributed by atoms with E-state index >= 15 is 0 Å². The fourth-order valence-electron chi connectivity index (χ4n) is 13.4. The molecule has 624 valence electrons. The molecule has 105 heavy (non-hydrogen) atoms. The maximum atomic E-state index is 13.2. The molecule has 0 saturated heterocycles. The largest absolute Gasteiger partial charge is 0.472 e. The van der Waals surface area contributed by atoms with E-state index in [1.54, 1.807) is 0 Å². The highest BCUT2D eigenvalue weighted by molar-refractivity contribution is 7.47. The average Bonchev–Trinajstić information content (AvgIpc) is 0.923. The Morgan fingerprint density at radius 1 is 0.276 bits per heavy atom. The highest BCUT2D eigenvalue weighted by Crippen LogP contribution is 2.45. The van der Waals surface area contributed by atoms with Crippen molar-refractivity contribution in [3.05, 3.63) is 0 Å². The summed E-state index contributed by atoms with van der Waals surface area (Å²) in [6, 6.07) is 0. The molecule has 6 atom stereocenters. The summed E-state index contributed by atoms with van der Waals surface area (Å²) < 4.78 is 68.9. The highest BCUT2D eigenvalue weighted by atomic mass is 31.2. The molecule has 19 heteroatoms. The molecule has 0 aromatic carbocycles. The molecule has 0 rings (SSSR count). The molecular formula is C86H168O17P2. The van der Waals surface area contributed by atoms with E-state index in [9.17, 15) is 43.2 Å². The lowest BCUT2D eigenvalue weighted by Crippen LogP contribution is -2.30. The summed E-state index contributed by atoms with van der Waals surface area (Å²) in [5.41, 5.74) is 0. The summed E-state index contributed by atoms with van der Waals surface area (Å²) in [5, 5.41) is 10.7. The summed E-state index contributed by atoms with van der Waals surface area (Å²) in [7, 11) is -9.93. The number of aliphatic hydroxyl groups is 1. The van der Waals surface area contributed by atoms with Crippen LogP contribution in [0.25, 0.3) is 0 Å². The Hall–Kier alpha value is -1.94. The minimum absolute atomic E-state index is 0.108. The van der Waals surface area contributed by atoms with Gasteiger partial charge >= 0.3 is 39.5 Å². The van der Waals surface area contributed by atoms with Crippen LogP contribution in [0, 0.1) is 11.8 Å². The molecule has 0 aromatic rings. The molecule has 0 heterocycles. The molecule has 3 unspecified atom stereocenters. The molecule has 0 aromatic heterocycles. The monoisotopic (exact) mass is 1540 g/mol.